The topological polar surface area (TPSA) is 522 Å². The Hall–Kier alpha value is -9.58. The fraction of sp³-hybridized carbons (Fsp3) is 0.775. The van der Waals surface area contributed by atoms with Crippen LogP contribution in [0.25, 0.3) is 0 Å². The number of hydrogen-bond acceptors (Lipinski definition) is 34. The van der Waals surface area contributed by atoms with Gasteiger partial charge in [0.05, 0.1) is 6.42 Å². The molecular formula is C80H127N7O34. The molecule has 7 unspecified atom stereocenters. The number of ketones is 1. The quantitative estimate of drug-likeness (QED) is 0.0331. The molecular weight excluding hydrogens is 1600 g/mol. The van der Waals surface area contributed by atoms with Crippen LogP contribution in [0.5, 0.6) is 0 Å². The smallest absolute Gasteiger partial charge is 0.307 e. The Labute approximate surface area is 705 Å². The highest BCUT2D eigenvalue weighted by molar-refractivity contribution is 5.86. The third kappa shape index (κ3) is 42.7. The second-order valence-corrected chi connectivity index (χ2v) is 29.3. The number of carbonyl (C=O) groups excluding carboxylic acids is 18. The largest absolute Gasteiger partial charge is 0.463 e. The molecule has 16 atom stereocenters. The summed E-state index contributed by atoms with van der Waals surface area (Å²) < 4.78 is 90.6. The van der Waals surface area contributed by atoms with E-state index in [0.717, 1.165) is 62.3 Å². The molecule has 5 N–H and O–H groups in total. The molecule has 0 aliphatic carbocycles. The van der Waals surface area contributed by atoms with Gasteiger partial charge in [-0.05, 0) is 70.6 Å². The Bertz CT molecular complexity index is 3400. The van der Waals surface area contributed by atoms with Crippen LogP contribution in [0.3, 0.4) is 0 Å². The van der Waals surface area contributed by atoms with E-state index in [4.69, 9.17) is 75.8 Å². The molecule has 7 amide bonds. The molecule has 0 spiro atoms. The molecule has 3 aliphatic rings. The lowest BCUT2D eigenvalue weighted by Gasteiger charge is -2.44. The summed E-state index contributed by atoms with van der Waals surface area (Å²) in [6.07, 6.45) is -11.2. The maximum atomic E-state index is 14.4. The molecule has 686 valence electrons. The normalized spacial score (nSPS) is 22.5. The Morgan fingerprint density at radius 3 is 0.967 bits per heavy atom. The van der Waals surface area contributed by atoms with E-state index in [1.807, 2.05) is 0 Å². The summed E-state index contributed by atoms with van der Waals surface area (Å²) in [6.45, 7) is 16.9. The highest BCUT2D eigenvalue weighted by Crippen LogP contribution is 2.32. The van der Waals surface area contributed by atoms with Gasteiger partial charge < -0.3 is 112 Å². The van der Waals surface area contributed by atoms with Crippen molar-refractivity contribution in [2.45, 2.75) is 323 Å². The van der Waals surface area contributed by atoms with Crippen molar-refractivity contribution >= 4 is 107 Å². The van der Waals surface area contributed by atoms with Crippen LogP contribution >= 0.6 is 0 Å². The van der Waals surface area contributed by atoms with Gasteiger partial charge in [-0.3, -0.25) is 86.3 Å². The first-order valence-corrected chi connectivity index (χ1v) is 41.2. The minimum absolute atomic E-state index is 0.0103. The van der Waals surface area contributed by atoms with Crippen molar-refractivity contribution in [3.05, 3.63) is 0 Å². The Morgan fingerprint density at radius 1 is 0.339 bits per heavy atom. The summed E-state index contributed by atoms with van der Waals surface area (Å²) in [5, 5.41) is 13.7. The second kappa shape index (κ2) is 57.7. The van der Waals surface area contributed by atoms with Gasteiger partial charge in [0.15, 0.2) is 61.6 Å². The number of esters is 10. The van der Waals surface area contributed by atoms with Crippen LogP contribution < -0.4 is 26.6 Å². The first kappa shape index (κ1) is 106. The van der Waals surface area contributed by atoms with E-state index in [9.17, 15) is 86.3 Å². The highest BCUT2D eigenvalue weighted by atomic mass is 16.7. The zero-order chi connectivity index (χ0) is 90.3. The van der Waals surface area contributed by atoms with Gasteiger partial charge in [-0.2, -0.15) is 0 Å². The lowest BCUT2D eigenvalue weighted by molar-refractivity contribution is -0.277. The zero-order valence-electron chi connectivity index (χ0n) is 72.1. The Morgan fingerprint density at radius 2 is 0.653 bits per heavy atom. The minimum atomic E-state index is -1.34. The van der Waals surface area contributed by atoms with Gasteiger partial charge in [-0.25, -0.2) is 0 Å². The summed E-state index contributed by atoms with van der Waals surface area (Å²) in [7, 11) is 0. The average Bonchev–Trinajstić information content (AvgIpc) is 0.797. The second-order valence-electron chi connectivity index (χ2n) is 29.3. The lowest BCUT2D eigenvalue weighted by atomic mass is 9.96. The number of amides is 7. The zero-order valence-corrected chi connectivity index (χ0v) is 72.1. The molecule has 121 heavy (non-hydrogen) atoms. The molecule has 0 bridgehead atoms. The van der Waals surface area contributed by atoms with Crippen LogP contribution in [0.15, 0.2) is 0 Å². The summed E-state index contributed by atoms with van der Waals surface area (Å²) in [4.78, 5) is 230. The number of nitrogens with zero attached hydrogens (tertiary/aromatic N) is 2. The third-order valence-corrected chi connectivity index (χ3v) is 18.7. The molecule has 0 aromatic carbocycles. The van der Waals surface area contributed by atoms with Crippen molar-refractivity contribution in [3.63, 3.8) is 0 Å². The van der Waals surface area contributed by atoms with Gasteiger partial charge in [0.25, 0.3) is 5.91 Å². The van der Waals surface area contributed by atoms with E-state index in [0.29, 0.717) is 77.0 Å². The molecule has 3 aliphatic heterocycles. The van der Waals surface area contributed by atoms with Gasteiger partial charge in [0.1, 0.15) is 62.0 Å². The van der Waals surface area contributed by atoms with Gasteiger partial charge in [-0.1, -0.05) is 33.1 Å². The van der Waals surface area contributed by atoms with Gasteiger partial charge in [0.2, 0.25) is 35.4 Å². The number of rotatable bonds is 56. The van der Waals surface area contributed by atoms with Crippen molar-refractivity contribution in [1.29, 1.82) is 0 Å². The molecule has 3 rings (SSSR count). The van der Waals surface area contributed by atoms with Crippen molar-refractivity contribution in [3.8, 4) is 0 Å². The molecule has 41 nitrogen and oxygen atoms in total. The molecule has 0 radical (unpaired) electrons. The molecule has 3 heterocycles. The fourth-order valence-corrected chi connectivity index (χ4v) is 13.4. The van der Waals surface area contributed by atoms with Crippen molar-refractivity contribution in [1.82, 2.24) is 36.4 Å². The predicted octanol–water partition coefficient (Wildman–Crippen LogP) is 2.22. The van der Waals surface area contributed by atoms with E-state index >= 15 is 0 Å². The van der Waals surface area contributed by atoms with Gasteiger partial charge >= 0.3 is 59.7 Å². The van der Waals surface area contributed by atoms with E-state index in [-0.39, 0.29) is 134 Å². The first-order chi connectivity index (χ1) is 57.3. The SMILES string of the molecule is CCC(=O)CCC(=O)OC(CC)C(=O)N(CCCCN(CCCNC(=O)CCCCCO[C@@H]1OC(COC(C)=O)[C@H](OC(C)=O)[C@H](OC(C)=O)C1NC(C)=O)C(=O)CCCCCO[C@@H]1OC(COC(C)=O)[C@H](OC(C)=O)[C@H](OC(C)=O)C1NC(C)=O)CCCNC(=O)CCCCCO[C@@H]1OC(COC(C)=O)[C@H](OC(C)=O)[C@H](OC(C)=O)C1NC(C)=O. The fourth-order valence-electron chi connectivity index (χ4n) is 13.4. The van der Waals surface area contributed by atoms with Crippen LogP contribution in [0.2, 0.25) is 0 Å². The molecule has 3 saturated heterocycles. The molecule has 0 aromatic rings. The number of nitrogens with one attached hydrogen (secondary N) is 5. The van der Waals surface area contributed by atoms with Gasteiger partial charge in [-0.15, -0.1) is 0 Å². The van der Waals surface area contributed by atoms with Crippen LogP contribution in [0.1, 0.15) is 225 Å². The summed E-state index contributed by atoms with van der Waals surface area (Å²) in [6, 6.07) is -3.53. The van der Waals surface area contributed by atoms with E-state index in [1.165, 1.54) is 25.7 Å². The van der Waals surface area contributed by atoms with Crippen LogP contribution in [-0.4, -0.2) is 294 Å². The van der Waals surface area contributed by atoms with E-state index < -0.39 is 201 Å². The van der Waals surface area contributed by atoms with Crippen LogP contribution in [-0.2, 0) is 162 Å². The van der Waals surface area contributed by atoms with Crippen LogP contribution in [0.4, 0.5) is 0 Å². The van der Waals surface area contributed by atoms with Crippen molar-refractivity contribution < 1.29 is 162 Å². The minimum Gasteiger partial charge on any atom is -0.463 e. The Kier molecular flexibility index (Phi) is 50.3. The Balaban J connectivity index is 1.76. The number of unbranched alkanes of at least 4 members (excludes halogenated alkanes) is 7. The molecule has 3 fully saturated rings. The lowest BCUT2D eigenvalue weighted by Crippen LogP contribution is -2.66. The molecule has 0 aromatic heterocycles. The van der Waals surface area contributed by atoms with Gasteiger partial charge in [0, 0.05) is 174 Å². The maximum absolute atomic E-state index is 14.4. The maximum Gasteiger partial charge on any atom is 0.307 e. The number of hydrogen-bond donors (Lipinski definition) is 5. The standard InChI is InChI=1S/C80H127N7O34/c1-15-59(100)33-34-67(104)118-60(16-2)77(105)87(40-29-36-82-65(102)31-21-18-26-42-107-79-69(84-48(4)89)75(116-57(13)98)72(113-54(10)95)62(120-79)45-110-51(7)92)38-24-23-37-86(66(103)32-22-19-27-43-108-80-70(85-49(5)90)76(117-58(14)99)73(114-55(11)96)63(121-80)46-111-52(8)93)39-28-35-81-64(101)30-20-17-25-41-106-78-68(83-47(3)88)74(115-56(12)97)71(112-53(9)94)61(119-78)44-109-50(6)91/h60-63,68-76,78-80H,15-46H2,1-14H3,(H,81,101)(H,82,102)(H,83,88)(H,84,89)(H,85,90)/t60?,61?,62?,63?,68?,69?,70?,71-,72-,73-,74+,75+,76+,78+,79+,80+/m0/s1. The number of carbonyl (C=O) groups is 18. The van der Waals surface area contributed by atoms with Crippen LogP contribution in [0, 0.1) is 0 Å². The van der Waals surface area contributed by atoms with E-state index in [2.05, 4.69) is 26.6 Å². The summed E-state index contributed by atoms with van der Waals surface area (Å²) in [5.74, 6) is -10.5. The van der Waals surface area contributed by atoms with Crippen molar-refractivity contribution in [2.75, 3.05) is 78.9 Å². The number of ether oxygens (including phenoxy) is 16. The third-order valence-electron chi connectivity index (χ3n) is 18.7. The highest BCUT2D eigenvalue weighted by Gasteiger charge is 2.54. The molecule has 41 heteroatoms. The average molecular weight is 1730 g/mol. The van der Waals surface area contributed by atoms with Crippen molar-refractivity contribution in [2.24, 2.45) is 0 Å². The molecule has 0 saturated carbocycles. The predicted molar refractivity (Wildman–Crippen MR) is 418 cm³/mol. The summed E-state index contributed by atoms with van der Waals surface area (Å²) >= 11 is 0. The monoisotopic (exact) mass is 1730 g/mol. The number of Topliss-reactive ketones (excluding diaryl/α,β-unsaturated/α-hetero) is 1. The first-order valence-electron chi connectivity index (χ1n) is 41.2. The van der Waals surface area contributed by atoms with E-state index in [1.54, 1.807) is 18.7 Å². The summed E-state index contributed by atoms with van der Waals surface area (Å²) in [5.41, 5.74) is 0.